The Balaban J connectivity index is 1.73. The summed E-state index contributed by atoms with van der Waals surface area (Å²) in [5, 5.41) is 5.88. The molecule has 2 rings (SSSR count). The van der Waals surface area contributed by atoms with Crippen LogP contribution < -0.4 is 10.6 Å². The number of halogens is 2. The summed E-state index contributed by atoms with van der Waals surface area (Å²) in [4.78, 5) is 11.7. The Morgan fingerprint density at radius 2 is 1.81 bits per heavy atom. The van der Waals surface area contributed by atoms with Crippen molar-refractivity contribution in [2.24, 2.45) is 0 Å². The van der Waals surface area contributed by atoms with Crippen LogP contribution in [0.4, 0.5) is 10.1 Å². The molecule has 0 bridgehead atoms. The molecule has 2 N–H and O–H groups in total. The van der Waals surface area contributed by atoms with Gasteiger partial charge in [-0.05, 0) is 34.1 Å². The van der Waals surface area contributed by atoms with Gasteiger partial charge in [0.25, 0.3) is 0 Å². The number of carbonyl (C=O) groups excluding carboxylic acids is 1. The number of para-hydroxylation sites is 1. The van der Waals surface area contributed by atoms with Crippen molar-refractivity contribution in [2.45, 2.75) is 13.0 Å². The maximum atomic E-state index is 13.4. The molecule has 3 nitrogen and oxygen atoms in total. The van der Waals surface area contributed by atoms with Gasteiger partial charge >= 0.3 is 0 Å². The highest BCUT2D eigenvalue weighted by Gasteiger charge is 2.05. The summed E-state index contributed by atoms with van der Waals surface area (Å²) >= 11 is 3.43. The Kier molecular flexibility index (Phi) is 5.75. The van der Waals surface area contributed by atoms with E-state index in [-0.39, 0.29) is 18.3 Å². The molecule has 0 atom stereocenters. The number of hydrogen-bond acceptors (Lipinski definition) is 2. The summed E-state index contributed by atoms with van der Waals surface area (Å²) in [5.41, 5.74) is 1.43. The van der Waals surface area contributed by atoms with E-state index in [9.17, 15) is 9.18 Å². The predicted molar refractivity (Wildman–Crippen MR) is 85.5 cm³/mol. The van der Waals surface area contributed by atoms with Gasteiger partial charge in [0.1, 0.15) is 5.82 Å². The second-order valence-electron chi connectivity index (χ2n) is 4.52. The number of rotatable bonds is 6. The molecule has 0 saturated heterocycles. The molecular weight excluding hydrogens is 335 g/mol. The summed E-state index contributed by atoms with van der Waals surface area (Å²) in [7, 11) is 0. The van der Waals surface area contributed by atoms with Gasteiger partial charge in [-0.2, -0.15) is 0 Å². The maximum Gasteiger partial charge on any atom is 0.222 e. The van der Waals surface area contributed by atoms with Crippen LogP contribution >= 0.6 is 15.9 Å². The lowest BCUT2D eigenvalue weighted by Crippen LogP contribution is -2.25. The number of nitrogens with one attached hydrogen (secondary N) is 2. The zero-order chi connectivity index (χ0) is 15.1. The molecule has 0 aliphatic carbocycles. The fraction of sp³-hybridized carbons (Fsp3) is 0.188. The van der Waals surface area contributed by atoms with Crippen LogP contribution in [-0.4, -0.2) is 12.5 Å². The third kappa shape index (κ3) is 4.86. The minimum atomic E-state index is -0.302. The summed E-state index contributed by atoms with van der Waals surface area (Å²) in [6.07, 6.45) is 0.329. The SMILES string of the molecule is O=C(CCNc1ccccc1Br)NCc1ccccc1F. The van der Waals surface area contributed by atoms with Gasteiger partial charge in [0.15, 0.2) is 0 Å². The van der Waals surface area contributed by atoms with Crippen molar-refractivity contribution in [3.8, 4) is 0 Å². The maximum absolute atomic E-state index is 13.4. The first-order chi connectivity index (χ1) is 10.2. The van der Waals surface area contributed by atoms with Crippen LogP contribution in [0.3, 0.4) is 0 Å². The zero-order valence-corrected chi connectivity index (χ0v) is 13.0. The Morgan fingerprint density at radius 3 is 2.57 bits per heavy atom. The standard InChI is InChI=1S/C16H16BrFN2O/c17-13-6-2-4-8-15(13)19-10-9-16(21)20-11-12-5-1-3-7-14(12)18/h1-8,19H,9-11H2,(H,20,21). The smallest absolute Gasteiger partial charge is 0.222 e. The normalized spacial score (nSPS) is 10.2. The summed E-state index contributed by atoms with van der Waals surface area (Å²) in [6.45, 7) is 0.728. The van der Waals surface area contributed by atoms with Crippen molar-refractivity contribution in [1.82, 2.24) is 5.32 Å². The predicted octanol–water partition coefficient (Wildman–Crippen LogP) is 3.71. The quantitative estimate of drug-likeness (QED) is 0.833. The second-order valence-corrected chi connectivity index (χ2v) is 5.38. The van der Waals surface area contributed by atoms with Gasteiger partial charge in [0.05, 0.1) is 0 Å². The highest BCUT2D eigenvalue weighted by atomic mass is 79.9. The number of amides is 1. The van der Waals surface area contributed by atoms with E-state index in [4.69, 9.17) is 0 Å². The molecular formula is C16H16BrFN2O. The molecule has 0 unspecified atom stereocenters. The van der Waals surface area contributed by atoms with Crippen LogP contribution in [0.1, 0.15) is 12.0 Å². The van der Waals surface area contributed by atoms with Crippen molar-refractivity contribution >= 4 is 27.5 Å². The third-order valence-corrected chi connectivity index (χ3v) is 3.67. The van der Waals surface area contributed by atoms with E-state index in [0.29, 0.717) is 18.5 Å². The van der Waals surface area contributed by atoms with Gasteiger partial charge in [-0.1, -0.05) is 30.3 Å². The molecule has 0 aliphatic rings. The largest absolute Gasteiger partial charge is 0.384 e. The first kappa shape index (κ1) is 15.5. The van der Waals surface area contributed by atoms with E-state index in [1.54, 1.807) is 18.2 Å². The van der Waals surface area contributed by atoms with Crippen LogP contribution in [0, 0.1) is 5.82 Å². The average Bonchev–Trinajstić information content (AvgIpc) is 2.48. The monoisotopic (exact) mass is 350 g/mol. The Morgan fingerprint density at radius 1 is 1.10 bits per heavy atom. The van der Waals surface area contributed by atoms with Crippen LogP contribution in [0.2, 0.25) is 0 Å². The number of carbonyl (C=O) groups is 1. The molecule has 0 aromatic heterocycles. The van der Waals surface area contributed by atoms with Crippen molar-refractivity contribution in [3.05, 3.63) is 64.4 Å². The van der Waals surface area contributed by atoms with E-state index in [0.717, 1.165) is 10.2 Å². The molecule has 0 radical (unpaired) electrons. The molecule has 2 aromatic rings. The van der Waals surface area contributed by atoms with Gasteiger partial charge in [-0.3, -0.25) is 4.79 Å². The van der Waals surface area contributed by atoms with E-state index in [2.05, 4.69) is 26.6 Å². The zero-order valence-electron chi connectivity index (χ0n) is 11.4. The molecule has 5 heteroatoms. The minimum absolute atomic E-state index is 0.113. The van der Waals surface area contributed by atoms with E-state index in [1.807, 2.05) is 24.3 Å². The molecule has 0 heterocycles. The minimum Gasteiger partial charge on any atom is -0.384 e. The van der Waals surface area contributed by atoms with Gasteiger partial charge in [0.2, 0.25) is 5.91 Å². The van der Waals surface area contributed by atoms with Crippen molar-refractivity contribution in [2.75, 3.05) is 11.9 Å². The Labute approximate surface area is 131 Å². The lowest BCUT2D eigenvalue weighted by molar-refractivity contribution is -0.121. The summed E-state index contributed by atoms with van der Waals surface area (Å²) in [5.74, 6) is -0.415. The van der Waals surface area contributed by atoms with Crippen LogP contribution in [0.25, 0.3) is 0 Å². The van der Waals surface area contributed by atoms with Crippen molar-refractivity contribution in [3.63, 3.8) is 0 Å². The molecule has 0 saturated carbocycles. The topological polar surface area (TPSA) is 41.1 Å². The number of anilines is 1. The third-order valence-electron chi connectivity index (χ3n) is 2.98. The van der Waals surface area contributed by atoms with Crippen LogP contribution in [0.15, 0.2) is 53.0 Å². The fourth-order valence-corrected chi connectivity index (χ4v) is 2.26. The first-order valence-corrected chi connectivity index (χ1v) is 7.44. The molecule has 0 spiro atoms. The van der Waals surface area contributed by atoms with E-state index in [1.165, 1.54) is 6.07 Å². The molecule has 0 fully saturated rings. The number of hydrogen-bond donors (Lipinski definition) is 2. The van der Waals surface area contributed by atoms with Crippen molar-refractivity contribution < 1.29 is 9.18 Å². The molecule has 110 valence electrons. The summed E-state index contributed by atoms with van der Waals surface area (Å²) < 4.78 is 14.3. The van der Waals surface area contributed by atoms with E-state index >= 15 is 0 Å². The van der Waals surface area contributed by atoms with Crippen LogP contribution in [0.5, 0.6) is 0 Å². The van der Waals surface area contributed by atoms with Gasteiger partial charge in [0, 0.05) is 35.2 Å². The molecule has 0 aliphatic heterocycles. The highest BCUT2D eigenvalue weighted by Crippen LogP contribution is 2.20. The lowest BCUT2D eigenvalue weighted by atomic mass is 10.2. The van der Waals surface area contributed by atoms with Gasteiger partial charge in [-0.25, -0.2) is 4.39 Å². The molecule has 2 aromatic carbocycles. The lowest BCUT2D eigenvalue weighted by Gasteiger charge is -2.09. The first-order valence-electron chi connectivity index (χ1n) is 6.65. The summed E-state index contributed by atoms with van der Waals surface area (Å²) in [6, 6.07) is 14.1. The number of benzene rings is 2. The van der Waals surface area contributed by atoms with Crippen LogP contribution in [-0.2, 0) is 11.3 Å². The molecule has 1 amide bonds. The molecule has 21 heavy (non-hydrogen) atoms. The highest BCUT2D eigenvalue weighted by molar-refractivity contribution is 9.10. The Hall–Kier alpha value is -1.88. The fourth-order valence-electron chi connectivity index (χ4n) is 1.84. The second kappa shape index (κ2) is 7.78. The van der Waals surface area contributed by atoms with Crippen molar-refractivity contribution in [1.29, 1.82) is 0 Å². The van der Waals surface area contributed by atoms with Gasteiger partial charge in [-0.15, -0.1) is 0 Å². The average molecular weight is 351 g/mol. The Bertz CT molecular complexity index is 619. The van der Waals surface area contributed by atoms with Gasteiger partial charge < -0.3 is 10.6 Å². The van der Waals surface area contributed by atoms with E-state index < -0.39 is 0 Å².